The van der Waals surface area contributed by atoms with Crippen LogP contribution in [-0.2, 0) is 14.4 Å². The molecule has 0 unspecified atom stereocenters. The van der Waals surface area contributed by atoms with Gasteiger partial charge in [0.05, 0.1) is 0 Å². The molecule has 1 atom stereocenters. The molecule has 5 nitrogen and oxygen atoms in total. The monoisotopic (exact) mass is 243 g/mol. The molecule has 0 aliphatic rings. The molecule has 0 aromatic rings. The lowest BCUT2D eigenvalue weighted by molar-refractivity contribution is -0.142. The summed E-state index contributed by atoms with van der Waals surface area (Å²) in [4.78, 5) is 33.6. The van der Waals surface area contributed by atoms with Crippen LogP contribution in [0.3, 0.4) is 0 Å². The zero-order chi connectivity index (χ0) is 13.6. The minimum atomic E-state index is -1.10. The van der Waals surface area contributed by atoms with Crippen molar-refractivity contribution in [3.05, 3.63) is 0 Å². The van der Waals surface area contributed by atoms with E-state index in [4.69, 9.17) is 5.11 Å². The summed E-state index contributed by atoms with van der Waals surface area (Å²) < 4.78 is 0. The van der Waals surface area contributed by atoms with Crippen molar-refractivity contribution in [2.24, 2.45) is 5.41 Å². The van der Waals surface area contributed by atoms with E-state index < -0.39 is 17.4 Å². The van der Waals surface area contributed by atoms with Gasteiger partial charge in [0.25, 0.3) is 0 Å². The van der Waals surface area contributed by atoms with Gasteiger partial charge in [-0.15, -0.1) is 0 Å². The third-order valence-corrected chi connectivity index (χ3v) is 2.45. The van der Waals surface area contributed by atoms with Crippen molar-refractivity contribution in [2.75, 3.05) is 0 Å². The Morgan fingerprint density at radius 1 is 1.24 bits per heavy atom. The van der Waals surface area contributed by atoms with Crippen molar-refractivity contribution >= 4 is 17.7 Å². The smallest absolute Gasteiger partial charge is 0.326 e. The molecule has 0 heterocycles. The van der Waals surface area contributed by atoms with Crippen LogP contribution in [0.2, 0.25) is 0 Å². The fourth-order valence-corrected chi connectivity index (χ4v) is 1.20. The average Bonchev–Trinajstić information content (AvgIpc) is 2.21. The van der Waals surface area contributed by atoms with Gasteiger partial charge in [-0.25, -0.2) is 4.79 Å². The van der Waals surface area contributed by atoms with Crippen LogP contribution in [-0.4, -0.2) is 28.8 Å². The van der Waals surface area contributed by atoms with Crippen molar-refractivity contribution < 1.29 is 19.5 Å². The average molecular weight is 243 g/mol. The summed E-state index contributed by atoms with van der Waals surface area (Å²) in [6, 6.07) is -0.978. The quantitative estimate of drug-likeness (QED) is 0.737. The van der Waals surface area contributed by atoms with Crippen molar-refractivity contribution in [1.82, 2.24) is 5.32 Å². The van der Waals surface area contributed by atoms with Gasteiger partial charge in [0, 0.05) is 18.3 Å². The number of carbonyl (C=O) groups is 3. The Morgan fingerprint density at radius 2 is 1.76 bits per heavy atom. The molecule has 0 aliphatic heterocycles. The normalized spacial score (nSPS) is 12.9. The second-order valence-electron chi connectivity index (χ2n) is 5.02. The van der Waals surface area contributed by atoms with Crippen LogP contribution in [0, 0.1) is 5.41 Å². The number of hydrogen-bond acceptors (Lipinski definition) is 3. The molecule has 0 saturated heterocycles. The topological polar surface area (TPSA) is 83.5 Å². The van der Waals surface area contributed by atoms with Crippen LogP contribution in [0.15, 0.2) is 0 Å². The predicted octanol–water partition coefficient (Wildman–Crippen LogP) is 1.36. The Labute approximate surface area is 102 Å². The first kappa shape index (κ1) is 15.6. The summed E-state index contributed by atoms with van der Waals surface area (Å²) in [6.45, 7) is 7.01. The fourth-order valence-electron chi connectivity index (χ4n) is 1.20. The molecule has 0 spiro atoms. The number of carboxylic acid groups (broad SMARTS) is 1. The number of amides is 1. The number of nitrogens with one attached hydrogen (secondary N) is 1. The summed E-state index contributed by atoms with van der Waals surface area (Å²) >= 11 is 0. The summed E-state index contributed by atoms with van der Waals surface area (Å²) in [5.41, 5.74) is -0.474. The maximum Gasteiger partial charge on any atom is 0.326 e. The lowest BCUT2D eigenvalue weighted by Gasteiger charge is -2.18. The Morgan fingerprint density at radius 3 is 2.12 bits per heavy atom. The zero-order valence-electron chi connectivity index (χ0n) is 10.9. The third kappa shape index (κ3) is 6.04. The van der Waals surface area contributed by atoms with Gasteiger partial charge in [-0.2, -0.15) is 0 Å². The van der Waals surface area contributed by atoms with E-state index in [0.29, 0.717) is 0 Å². The van der Waals surface area contributed by atoms with Gasteiger partial charge < -0.3 is 10.4 Å². The highest BCUT2D eigenvalue weighted by Gasteiger charge is 2.25. The van der Waals surface area contributed by atoms with Crippen LogP contribution in [0.25, 0.3) is 0 Å². The molecule has 0 aromatic heterocycles. The van der Waals surface area contributed by atoms with Crippen LogP contribution in [0.5, 0.6) is 0 Å². The Bertz CT molecular complexity index is 304. The lowest BCUT2D eigenvalue weighted by atomic mass is 9.87. The summed E-state index contributed by atoms with van der Waals surface area (Å²) in [6.07, 6.45) is 0.526. The second kappa shape index (κ2) is 6.37. The first-order valence-electron chi connectivity index (χ1n) is 5.74. The number of carboxylic acids is 1. The number of hydrogen-bond donors (Lipinski definition) is 2. The Hall–Kier alpha value is -1.39. The first-order valence-corrected chi connectivity index (χ1v) is 5.74. The minimum Gasteiger partial charge on any atom is -0.480 e. The molecule has 1 amide bonds. The predicted molar refractivity (Wildman–Crippen MR) is 63.6 cm³/mol. The molecular formula is C12H21NO4. The van der Waals surface area contributed by atoms with Gasteiger partial charge in [-0.1, -0.05) is 27.7 Å². The van der Waals surface area contributed by atoms with Crippen molar-refractivity contribution in [1.29, 1.82) is 0 Å². The molecule has 0 aliphatic carbocycles. The van der Waals surface area contributed by atoms with Gasteiger partial charge in [0.1, 0.15) is 11.8 Å². The number of Topliss-reactive ketones (excluding diaryl/α,β-unsaturated/α-hetero) is 1. The second-order valence-corrected chi connectivity index (χ2v) is 5.02. The summed E-state index contributed by atoms with van der Waals surface area (Å²) in [5, 5.41) is 11.3. The zero-order valence-corrected chi connectivity index (χ0v) is 10.9. The number of carbonyl (C=O) groups excluding carboxylic acids is 2. The van der Waals surface area contributed by atoms with E-state index in [0.717, 1.165) is 0 Å². The SMILES string of the molecule is CCC(=O)N[C@@H](CCC(=O)C(C)(C)C)C(=O)O. The van der Waals surface area contributed by atoms with Gasteiger partial charge in [-0.05, 0) is 6.42 Å². The molecule has 2 N–H and O–H groups in total. The highest BCUT2D eigenvalue weighted by molar-refractivity contribution is 5.86. The van der Waals surface area contributed by atoms with E-state index in [-0.39, 0.29) is 31.0 Å². The first-order chi connectivity index (χ1) is 7.68. The molecule has 98 valence electrons. The van der Waals surface area contributed by atoms with Crippen molar-refractivity contribution in [3.63, 3.8) is 0 Å². The largest absolute Gasteiger partial charge is 0.480 e. The van der Waals surface area contributed by atoms with Crippen molar-refractivity contribution in [2.45, 2.75) is 53.0 Å². The number of ketones is 1. The molecule has 17 heavy (non-hydrogen) atoms. The summed E-state index contributed by atoms with van der Waals surface area (Å²) in [5.74, 6) is -1.43. The van der Waals surface area contributed by atoms with Crippen LogP contribution in [0.1, 0.15) is 47.0 Å². The Balaban J connectivity index is 4.34. The number of rotatable bonds is 6. The standard InChI is InChI=1S/C12H21NO4/c1-5-10(15)13-8(11(16)17)6-7-9(14)12(2,3)4/h8H,5-7H2,1-4H3,(H,13,15)(H,16,17)/t8-/m0/s1. The third-order valence-electron chi connectivity index (χ3n) is 2.45. The van der Waals surface area contributed by atoms with Crippen LogP contribution in [0.4, 0.5) is 0 Å². The molecular weight excluding hydrogens is 222 g/mol. The van der Waals surface area contributed by atoms with Gasteiger partial charge in [0.2, 0.25) is 5.91 Å². The van der Waals surface area contributed by atoms with Crippen molar-refractivity contribution in [3.8, 4) is 0 Å². The maximum atomic E-state index is 11.6. The van der Waals surface area contributed by atoms with Crippen LogP contribution >= 0.6 is 0 Å². The highest BCUT2D eigenvalue weighted by atomic mass is 16.4. The maximum absolute atomic E-state index is 11.6. The molecule has 0 radical (unpaired) electrons. The van der Waals surface area contributed by atoms with E-state index >= 15 is 0 Å². The van der Waals surface area contributed by atoms with E-state index in [1.807, 2.05) is 0 Å². The molecule has 0 fully saturated rings. The van der Waals surface area contributed by atoms with Crippen LogP contribution < -0.4 is 5.32 Å². The van der Waals surface area contributed by atoms with Gasteiger partial charge in [0.15, 0.2) is 0 Å². The highest BCUT2D eigenvalue weighted by Crippen LogP contribution is 2.18. The molecule has 0 saturated carbocycles. The summed E-state index contributed by atoms with van der Waals surface area (Å²) in [7, 11) is 0. The Kier molecular flexibility index (Phi) is 5.85. The molecule has 0 rings (SSSR count). The molecule has 5 heteroatoms. The van der Waals surface area contributed by atoms with Gasteiger partial charge in [-0.3, -0.25) is 9.59 Å². The van der Waals surface area contributed by atoms with E-state index in [9.17, 15) is 14.4 Å². The molecule has 0 aromatic carbocycles. The number of aliphatic carboxylic acids is 1. The minimum absolute atomic E-state index is 0.00509. The van der Waals surface area contributed by atoms with E-state index in [1.165, 1.54) is 0 Å². The van der Waals surface area contributed by atoms with E-state index in [1.54, 1.807) is 27.7 Å². The van der Waals surface area contributed by atoms with Gasteiger partial charge >= 0.3 is 5.97 Å². The van der Waals surface area contributed by atoms with E-state index in [2.05, 4.69) is 5.32 Å². The lowest BCUT2D eigenvalue weighted by Crippen LogP contribution is -2.41. The fraction of sp³-hybridized carbons (Fsp3) is 0.750. The molecule has 0 bridgehead atoms.